The fourth-order valence-electron chi connectivity index (χ4n) is 2.13. The fourth-order valence-corrected chi connectivity index (χ4v) is 2.13. The smallest absolute Gasteiger partial charge is 0.199 e. The lowest BCUT2D eigenvalue weighted by atomic mass is 10.2. The van der Waals surface area contributed by atoms with E-state index in [0.717, 1.165) is 36.6 Å². The molecular formula is C16H17NO2. The van der Waals surface area contributed by atoms with Gasteiger partial charge >= 0.3 is 0 Å². The van der Waals surface area contributed by atoms with E-state index < -0.39 is 0 Å². The van der Waals surface area contributed by atoms with Gasteiger partial charge in [0.05, 0.1) is 6.61 Å². The molecule has 0 aliphatic carbocycles. The maximum atomic E-state index is 5.79. The lowest BCUT2D eigenvalue weighted by molar-refractivity contribution is -0.0390. The zero-order valence-electron chi connectivity index (χ0n) is 10.7. The highest BCUT2D eigenvalue weighted by Crippen LogP contribution is 2.24. The minimum Gasteiger partial charge on any atom is -0.465 e. The van der Waals surface area contributed by atoms with Crippen molar-refractivity contribution in [3.63, 3.8) is 0 Å². The van der Waals surface area contributed by atoms with Gasteiger partial charge in [0.15, 0.2) is 6.29 Å². The molecular weight excluding hydrogens is 238 g/mol. The fraction of sp³-hybridized carbons (Fsp3) is 0.250. The Bertz CT molecular complexity index is 521. The average molecular weight is 255 g/mol. The molecule has 0 radical (unpaired) electrons. The van der Waals surface area contributed by atoms with Gasteiger partial charge in [0.2, 0.25) is 0 Å². The Morgan fingerprint density at radius 2 is 1.84 bits per heavy atom. The predicted octanol–water partition coefficient (Wildman–Crippen LogP) is 3.95. The molecule has 98 valence electrons. The molecule has 3 rings (SSSR count). The van der Waals surface area contributed by atoms with Gasteiger partial charge in [-0.3, -0.25) is 0 Å². The molecule has 19 heavy (non-hydrogen) atoms. The highest BCUT2D eigenvalue weighted by molar-refractivity contribution is 5.60. The van der Waals surface area contributed by atoms with Crippen LogP contribution in [0.3, 0.4) is 0 Å². The van der Waals surface area contributed by atoms with Crippen LogP contribution in [-0.2, 0) is 4.74 Å². The highest BCUT2D eigenvalue weighted by atomic mass is 16.7. The van der Waals surface area contributed by atoms with Gasteiger partial charge in [-0.25, -0.2) is 0 Å². The molecule has 1 saturated heterocycles. The summed E-state index contributed by atoms with van der Waals surface area (Å²) in [5.41, 5.74) is 2.08. The second-order valence-corrected chi connectivity index (χ2v) is 4.58. The van der Waals surface area contributed by atoms with Crippen molar-refractivity contribution in [1.82, 2.24) is 0 Å². The van der Waals surface area contributed by atoms with Gasteiger partial charge in [-0.1, -0.05) is 24.3 Å². The second kappa shape index (κ2) is 5.76. The first kappa shape index (κ1) is 12.1. The van der Waals surface area contributed by atoms with E-state index in [-0.39, 0.29) is 6.29 Å². The van der Waals surface area contributed by atoms with Crippen LogP contribution in [0.25, 0.3) is 0 Å². The van der Waals surface area contributed by atoms with Crippen LogP contribution in [-0.4, -0.2) is 12.9 Å². The number of benzene rings is 2. The predicted molar refractivity (Wildman–Crippen MR) is 75.8 cm³/mol. The molecule has 1 atom stereocenters. The van der Waals surface area contributed by atoms with Crippen molar-refractivity contribution in [2.24, 2.45) is 0 Å². The van der Waals surface area contributed by atoms with Crippen molar-refractivity contribution in [2.75, 3.05) is 11.9 Å². The van der Waals surface area contributed by atoms with Crippen molar-refractivity contribution in [1.29, 1.82) is 0 Å². The van der Waals surface area contributed by atoms with Crippen LogP contribution in [0.4, 0.5) is 11.4 Å². The topological polar surface area (TPSA) is 30.5 Å². The first-order chi connectivity index (χ1) is 9.40. The van der Waals surface area contributed by atoms with E-state index in [1.165, 1.54) is 0 Å². The van der Waals surface area contributed by atoms with Crippen molar-refractivity contribution >= 4 is 11.4 Å². The summed E-state index contributed by atoms with van der Waals surface area (Å²) in [6, 6.07) is 18.0. The lowest BCUT2D eigenvalue weighted by Crippen LogP contribution is -2.13. The summed E-state index contributed by atoms with van der Waals surface area (Å²) in [6.07, 6.45) is 1.95. The molecule has 0 amide bonds. The van der Waals surface area contributed by atoms with Crippen LogP contribution in [0.5, 0.6) is 5.75 Å². The Balaban J connectivity index is 1.69. The van der Waals surface area contributed by atoms with Crippen LogP contribution in [0.2, 0.25) is 0 Å². The average Bonchev–Trinajstić information content (AvgIpc) is 2.93. The number of ether oxygens (including phenoxy) is 2. The largest absolute Gasteiger partial charge is 0.465 e. The SMILES string of the molecule is c1ccc(Nc2cccc(OC3CCCO3)c2)cc1. The zero-order chi connectivity index (χ0) is 12.9. The summed E-state index contributed by atoms with van der Waals surface area (Å²) in [6.45, 7) is 0.798. The normalized spacial score (nSPS) is 18.2. The molecule has 1 fully saturated rings. The monoisotopic (exact) mass is 255 g/mol. The van der Waals surface area contributed by atoms with Crippen molar-refractivity contribution < 1.29 is 9.47 Å². The Hall–Kier alpha value is -2.00. The summed E-state index contributed by atoms with van der Waals surface area (Å²) in [5, 5.41) is 3.35. The highest BCUT2D eigenvalue weighted by Gasteiger charge is 2.16. The third-order valence-electron chi connectivity index (χ3n) is 3.05. The van der Waals surface area contributed by atoms with Gasteiger partial charge in [-0.15, -0.1) is 0 Å². The number of hydrogen-bond acceptors (Lipinski definition) is 3. The lowest BCUT2D eigenvalue weighted by Gasteiger charge is -2.14. The molecule has 0 bridgehead atoms. The molecule has 3 heteroatoms. The summed E-state index contributed by atoms with van der Waals surface area (Å²) in [7, 11) is 0. The van der Waals surface area contributed by atoms with E-state index in [1.54, 1.807) is 0 Å². The number of rotatable bonds is 4. The van der Waals surface area contributed by atoms with E-state index >= 15 is 0 Å². The first-order valence-corrected chi connectivity index (χ1v) is 6.60. The molecule has 3 nitrogen and oxygen atoms in total. The Morgan fingerprint density at radius 1 is 1.00 bits per heavy atom. The molecule has 1 aliphatic rings. The van der Waals surface area contributed by atoms with E-state index in [4.69, 9.17) is 9.47 Å². The van der Waals surface area contributed by atoms with Crippen LogP contribution < -0.4 is 10.1 Å². The zero-order valence-corrected chi connectivity index (χ0v) is 10.7. The molecule has 0 spiro atoms. The summed E-state index contributed by atoms with van der Waals surface area (Å²) in [4.78, 5) is 0. The Labute approximate surface area is 113 Å². The van der Waals surface area contributed by atoms with Crippen LogP contribution in [0.1, 0.15) is 12.8 Å². The molecule has 2 aromatic carbocycles. The Kier molecular flexibility index (Phi) is 3.65. The van der Waals surface area contributed by atoms with Gasteiger partial charge in [-0.2, -0.15) is 0 Å². The minimum atomic E-state index is -0.0908. The van der Waals surface area contributed by atoms with Gasteiger partial charge in [0, 0.05) is 23.9 Å². The van der Waals surface area contributed by atoms with Crippen LogP contribution in [0, 0.1) is 0 Å². The van der Waals surface area contributed by atoms with E-state index in [2.05, 4.69) is 5.32 Å². The van der Waals surface area contributed by atoms with Crippen molar-refractivity contribution in [3.05, 3.63) is 54.6 Å². The first-order valence-electron chi connectivity index (χ1n) is 6.60. The second-order valence-electron chi connectivity index (χ2n) is 4.58. The Morgan fingerprint density at radius 3 is 2.63 bits per heavy atom. The molecule has 0 aromatic heterocycles. The maximum Gasteiger partial charge on any atom is 0.199 e. The van der Waals surface area contributed by atoms with E-state index in [1.807, 2.05) is 54.6 Å². The quantitative estimate of drug-likeness (QED) is 0.897. The third kappa shape index (κ3) is 3.26. The van der Waals surface area contributed by atoms with Gasteiger partial charge in [-0.05, 0) is 30.7 Å². The molecule has 1 unspecified atom stereocenters. The minimum absolute atomic E-state index is 0.0908. The molecule has 2 aromatic rings. The molecule has 0 saturated carbocycles. The van der Waals surface area contributed by atoms with Gasteiger partial charge < -0.3 is 14.8 Å². The molecule has 1 N–H and O–H groups in total. The third-order valence-corrected chi connectivity index (χ3v) is 3.05. The maximum absolute atomic E-state index is 5.79. The number of para-hydroxylation sites is 1. The number of nitrogens with one attached hydrogen (secondary N) is 1. The molecule has 1 aliphatic heterocycles. The summed E-state index contributed by atoms with van der Waals surface area (Å²) < 4.78 is 11.3. The van der Waals surface area contributed by atoms with Gasteiger partial charge in [0.1, 0.15) is 5.75 Å². The summed E-state index contributed by atoms with van der Waals surface area (Å²) >= 11 is 0. The summed E-state index contributed by atoms with van der Waals surface area (Å²) in [5.74, 6) is 0.841. The van der Waals surface area contributed by atoms with Crippen molar-refractivity contribution in [3.8, 4) is 5.75 Å². The molecule has 1 heterocycles. The van der Waals surface area contributed by atoms with Crippen LogP contribution in [0.15, 0.2) is 54.6 Å². The van der Waals surface area contributed by atoms with Gasteiger partial charge in [0.25, 0.3) is 0 Å². The standard InChI is InChI=1S/C16H17NO2/c1-2-6-13(7-3-1)17-14-8-4-9-15(12-14)19-16-10-5-11-18-16/h1-4,6-9,12,16-17H,5,10-11H2. The van der Waals surface area contributed by atoms with E-state index in [0.29, 0.717) is 0 Å². The van der Waals surface area contributed by atoms with Crippen LogP contribution >= 0.6 is 0 Å². The number of anilines is 2. The number of hydrogen-bond donors (Lipinski definition) is 1. The van der Waals surface area contributed by atoms with E-state index in [9.17, 15) is 0 Å². The van der Waals surface area contributed by atoms with Crippen molar-refractivity contribution in [2.45, 2.75) is 19.1 Å².